The molecule has 2 heterocycles. The van der Waals surface area contributed by atoms with Gasteiger partial charge < -0.3 is 4.74 Å². The lowest BCUT2D eigenvalue weighted by molar-refractivity contribution is 0.0568. The first-order valence-corrected chi connectivity index (χ1v) is 10.7. The van der Waals surface area contributed by atoms with E-state index in [0.717, 1.165) is 0 Å². The maximum absolute atomic E-state index is 13.6. The summed E-state index contributed by atoms with van der Waals surface area (Å²) in [5.74, 6) is 0.215. The fourth-order valence-electron chi connectivity index (χ4n) is 4.33. The Morgan fingerprint density at radius 2 is 1.45 bits per heavy atom. The van der Waals surface area contributed by atoms with Crippen molar-refractivity contribution in [3.63, 3.8) is 0 Å². The molecular weight excluding hydrogens is 418 g/mol. The Morgan fingerprint density at radius 3 is 2.06 bits per heavy atom. The zero-order valence-corrected chi connectivity index (χ0v) is 18.2. The number of ether oxygens (including phenoxy) is 1. The van der Waals surface area contributed by atoms with Crippen molar-refractivity contribution in [2.24, 2.45) is 0 Å². The van der Waals surface area contributed by atoms with E-state index >= 15 is 0 Å². The average Bonchev–Trinajstić information content (AvgIpc) is 3.10. The van der Waals surface area contributed by atoms with Crippen LogP contribution in [0.1, 0.15) is 45.9 Å². The molecular formula is C26H21N3O4. The monoisotopic (exact) mass is 439 g/mol. The number of methoxy groups -OCH3 is 1. The largest absolute Gasteiger partial charge is 0.497 e. The highest BCUT2D eigenvalue weighted by Crippen LogP contribution is 2.33. The minimum Gasteiger partial charge on any atom is -0.497 e. The standard InChI is InChI=1S/C26H21N3O4/c1-3-22(29-24(30)18-8-4-5-9-19(18)25(29)31)23-27-21-11-7-6-10-20(21)26(32)28(23)16-12-14-17(33-2)15-13-16/h4-15,22H,3H2,1-2H3. The van der Waals surface area contributed by atoms with Crippen LogP contribution in [-0.4, -0.2) is 33.4 Å². The molecule has 0 radical (unpaired) electrons. The van der Waals surface area contributed by atoms with Crippen LogP contribution >= 0.6 is 0 Å². The van der Waals surface area contributed by atoms with Gasteiger partial charge in [0, 0.05) is 0 Å². The third-order valence-corrected chi connectivity index (χ3v) is 5.95. The van der Waals surface area contributed by atoms with Gasteiger partial charge in [0.15, 0.2) is 0 Å². The van der Waals surface area contributed by atoms with Crippen LogP contribution in [0, 0.1) is 0 Å². The number of para-hydroxylation sites is 1. The summed E-state index contributed by atoms with van der Waals surface area (Å²) in [6.45, 7) is 1.87. The van der Waals surface area contributed by atoms with Crippen molar-refractivity contribution in [1.82, 2.24) is 14.5 Å². The van der Waals surface area contributed by atoms with Crippen molar-refractivity contribution in [3.05, 3.63) is 100 Å². The van der Waals surface area contributed by atoms with Crippen LogP contribution in [-0.2, 0) is 0 Å². The lowest BCUT2D eigenvalue weighted by Crippen LogP contribution is -2.38. The maximum Gasteiger partial charge on any atom is 0.266 e. The molecule has 0 saturated carbocycles. The highest BCUT2D eigenvalue weighted by molar-refractivity contribution is 6.21. The highest BCUT2D eigenvalue weighted by atomic mass is 16.5. The van der Waals surface area contributed by atoms with Crippen molar-refractivity contribution >= 4 is 22.7 Å². The summed E-state index contributed by atoms with van der Waals surface area (Å²) in [6.07, 6.45) is 0.395. The molecule has 5 rings (SSSR count). The molecule has 1 unspecified atom stereocenters. The maximum atomic E-state index is 13.6. The molecule has 0 fully saturated rings. The number of imide groups is 1. The molecule has 33 heavy (non-hydrogen) atoms. The van der Waals surface area contributed by atoms with Crippen molar-refractivity contribution < 1.29 is 14.3 Å². The van der Waals surface area contributed by atoms with E-state index in [1.165, 1.54) is 9.47 Å². The van der Waals surface area contributed by atoms with Gasteiger partial charge in [-0.2, -0.15) is 0 Å². The second-order valence-electron chi connectivity index (χ2n) is 7.78. The number of benzene rings is 3. The normalized spacial score (nSPS) is 13.9. The van der Waals surface area contributed by atoms with Crippen LogP contribution < -0.4 is 10.3 Å². The molecule has 3 aromatic carbocycles. The zero-order valence-electron chi connectivity index (χ0n) is 18.2. The van der Waals surface area contributed by atoms with Gasteiger partial charge in [0.05, 0.1) is 40.9 Å². The lowest BCUT2D eigenvalue weighted by Gasteiger charge is -2.27. The predicted octanol–water partition coefficient (Wildman–Crippen LogP) is 4.14. The molecule has 1 aromatic heterocycles. The van der Waals surface area contributed by atoms with E-state index in [4.69, 9.17) is 9.72 Å². The highest BCUT2D eigenvalue weighted by Gasteiger charge is 2.41. The minimum atomic E-state index is -0.725. The molecule has 0 N–H and O–H groups in total. The second-order valence-corrected chi connectivity index (χ2v) is 7.78. The van der Waals surface area contributed by atoms with Crippen LogP contribution in [0.25, 0.3) is 16.6 Å². The lowest BCUT2D eigenvalue weighted by atomic mass is 10.1. The molecule has 2 amide bonds. The first-order chi connectivity index (χ1) is 16.0. The molecule has 0 saturated heterocycles. The second kappa shape index (κ2) is 8.02. The Morgan fingerprint density at radius 1 is 0.848 bits per heavy atom. The van der Waals surface area contributed by atoms with Gasteiger partial charge in [0.1, 0.15) is 11.6 Å². The summed E-state index contributed by atoms with van der Waals surface area (Å²) >= 11 is 0. The Bertz CT molecular complexity index is 1420. The van der Waals surface area contributed by atoms with Crippen LogP contribution in [0.2, 0.25) is 0 Å². The Hall–Kier alpha value is -4.26. The summed E-state index contributed by atoms with van der Waals surface area (Å²) in [5.41, 5.74) is 1.54. The van der Waals surface area contributed by atoms with Crippen molar-refractivity contribution in [2.75, 3.05) is 7.11 Å². The van der Waals surface area contributed by atoms with Crippen LogP contribution in [0.15, 0.2) is 77.6 Å². The van der Waals surface area contributed by atoms with E-state index in [0.29, 0.717) is 45.7 Å². The number of rotatable bonds is 5. The zero-order chi connectivity index (χ0) is 23.1. The Labute approximate surface area is 189 Å². The molecule has 0 bridgehead atoms. The SMILES string of the molecule is CCC(c1nc2ccccc2c(=O)n1-c1ccc(OC)cc1)N1C(=O)c2ccccc2C1=O. The van der Waals surface area contributed by atoms with Gasteiger partial charge in [-0.1, -0.05) is 31.2 Å². The molecule has 7 nitrogen and oxygen atoms in total. The summed E-state index contributed by atoms with van der Waals surface area (Å²) in [5, 5.41) is 0.453. The van der Waals surface area contributed by atoms with Gasteiger partial charge in [-0.05, 0) is 55.0 Å². The first kappa shape index (κ1) is 20.6. The molecule has 164 valence electrons. The number of hydrogen-bond donors (Lipinski definition) is 0. The van der Waals surface area contributed by atoms with Crippen molar-refractivity contribution in [3.8, 4) is 11.4 Å². The Kier molecular flexibility index (Phi) is 5.01. The van der Waals surface area contributed by atoms with Gasteiger partial charge in [0.25, 0.3) is 17.4 Å². The molecule has 1 atom stereocenters. The fraction of sp³-hybridized carbons (Fsp3) is 0.154. The summed E-state index contributed by atoms with van der Waals surface area (Å²) < 4.78 is 6.73. The number of carbonyl (C=O) groups excluding carboxylic acids is 2. The molecule has 4 aromatic rings. The van der Waals surface area contributed by atoms with E-state index in [1.54, 1.807) is 79.9 Å². The third-order valence-electron chi connectivity index (χ3n) is 5.95. The minimum absolute atomic E-state index is 0.268. The number of aromatic nitrogens is 2. The van der Waals surface area contributed by atoms with Gasteiger partial charge in [-0.3, -0.25) is 23.9 Å². The average molecular weight is 439 g/mol. The number of fused-ring (bicyclic) bond motifs is 2. The quantitative estimate of drug-likeness (QED) is 0.437. The van der Waals surface area contributed by atoms with E-state index in [-0.39, 0.29) is 17.4 Å². The van der Waals surface area contributed by atoms with E-state index < -0.39 is 6.04 Å². The summed E-state index contributed by atoms with van der Waals surface area (Å²) in [6, 6.07) is 20.1. The van der Waals surface area contributed by atoms with Crippen LogP contribution in [0.3, 0.4) is 0 Å². The number of amides is 2. The molecule has 1 aliphatic heterocycles. The van der Waals surface area contributed by atoms with E-state index in [1.807, 2.05) is 6.92 Å². The summed E-state index contributed by atoms with van der Waals surface area (Å²) in [4.78, 5) is 46.1. The van der Waals surface area contributed by atoms with Gasteiger partial charge >= 0.3 is 0 Å². The molecule has 0 spiro atoms. The third kappa shape index (κ3) is 3.20. The topological polar surface area (TPSA) is 81.5 Å². The van der Waals surface area contributed by atoms with Crippen LogP contribution in [0.5, 0.6) is 5.75 Å². The number of carbonyl (C=O) groups is 2. The summed E-state index contributed by atoms with van der Waals surface area (Å²) in [7, 11) is 1.57. The van der Waals surface area contributed by atoms with Crippen LogP contribution in [0.4, 0.5) is 0 Å². The van der Waals surface area contributed by atoms with Gasteiger partial charge in [-0.25, -0.2) is 4.98 Å². The van der Waals surface area contributed by atoms with E-state index in [9.17, 15) is 14.4 Å². The van der Waals surface area contributed by atoms with Gasteiger partial charge in [-0.15, -0.1) is 0 Å². The smallest absolute Gasteiger partial charge is 0.266 e. The number of hydrogen-bond acceptors (Lipinski definition) is 5. The number of nitrogens with zero attached hydrogens (tertiary/aromatic N) is 3. The molecule has 0 aliphatic carbocycles. The van der Waals surface area contributed by atoms with Crippen molar-refractivity contribution in [2.45, 2.75) is 19.4 Å². The van der Waals surface area contributed by atoms with E-state index in [2.05, 4.69) is 0 Å². The molecule has 1 aliphatic rings. The van der Waals surface area contributed by atoms with Crippen molar-refractivity contribution in [1.29, 1.82) is 0 Å². The first-order valence-electron chi connectivity index (χ1n) is 10.7. The predicted molar refractivity (Wildman–Crippen MR) is 124 cm³/mol. The fourth-order valence-corrected chi connectivity index (χ4v) is 4.33. The molecule has 7 heteroatoms. The Balaban J connectivity index is 1.75. The van der Waals surface area contributed by atoms with Gasteiger partial charge in [0.2, 0.25) is 0 Å².